The van der Waals surface area contributed by atoms with Gasteiger partial charge in [-0.15, -0.1) is 0 Å². The van der Waals surface area contributed by atoms with Gasteiger partial charge in [0.05, 0.1) is 18.6 Å². The number of carbonyl (C=O) groups excluding carboxylic acids is 2. The Hall–Kier alpha value is -1.11. The molecule has 1 aliphatic carbocycles. The molecular weight excluding hydrogens is 306 g/mol. The molecule has 6 nitrogen and oxygen atoms in total. The van der Waals surface area contributed by atoms with Gasteiger partial charge in [-0.1, -0.05) is 25.7 Å². The summed E-state index contributed by atoms with van der Waals surface area (Å²) in [7, 11) is -1.82. The second-order valence-electron chi connectivity index (χ2n) is 6.34. The predicted molar refractivity (Wildman–Crippen MR) is 82.0 cm³/mol. The maximum absolute atomic E-state index is 12.5. The van der Waals surface area contributed by atoms with Crippen molar-refractivity contribution in [3.8, 4) is 0 Å². The molecule has 0 aromatic rings. The summed E-state index contributed by atoms with van der Waals surface area (Å²) >= 11 is 0. The van der Waals surface area contributed by atoms with Crippen molar-refractivity contribution in [2.75, 3.05) is 25.2 Å². The number of hydrogen-bond acceptors (Lipinski definition) is 5. The molecule has 1 aliphatic heterocycles. The highest BCUT2D eigenvalue weighted by atomic mass is 32.2. The summed E-state index contributed by atoms with van der Waals surface area (Å²) < 4.78 is 27.9. The molecule has 2 fully saturated rings. The first-order valence-corrected chi connectivity index (χ1v) is 9.80. The number of methoxy groups -OCH3 is 1. The first-order chi connectivity index (χ1) is 10.4. The summed E-state index contributed by atoms with van der Waals surface area (Å²) in [6.07, 6.45) is 6.42. The van der Waals surface area contributed by atoms with E-state index in [1.54, 1.807) is 0 Å². The van der Waals surface area contributed by atoms with Crippen LogP contribution in [0, 0.1) is 5.92 Å². The zero-order valence-corrected chi connectivity index (χ0v) is 13.9. The monoisotopic (exact) mass is 331 g/mol. The van der Waals surface area contributed by atoms with Crippen LogP contribution in [0.3, 0.4) is 0 Å². The second kappa shape index (κ2) is 7.44. The Bertz CT molecular complexity index is 510. The normalized spacial score (nSPS) is 24.3. The van der Waals surface area contributed by atoms with Crippen LogP contribution in [0.5, 0.6) is 0 Å². The van der Waals surface area contributed by atoms with Crippen molar-refractivity contribution < 1.29 is 22.7 Å². The van der Waals surface area contributed by atoms with Gasteiger partial charge in [-0.3, -0.25) is 9.59 Å². The number of hydrogen-bond donors (Lipinski definition) is 0. The Kier molecular flexibility index (Phi) is 5.83. The highest BCUT2D eigenvalue weighted by Gasteiger charge is 2.35. The summed E-state index contributed by atoms with van der Waals surface area (Å²) in [5.41, 5.74) is 0. The van der Waals surface area contributed by atoms with Crippen molar-refractivity contribution >= 4 is 21.7 Å². The van der Waals surface area contributed by atoms with E-state index >= 15 is 0 Å². The van der Waals surface area contributed by atoms with Crippen molar-refractivity contribution in [2.24, 2.45) is 5.92 Å². The van der Waals surface area contributed by atoms with Crippen molar-refractivity contribution in [3.63, 3.8) is 0 Å². The molecular formula is C15H25NO5S. The van der Waals surface area contributed by atoms with Crippen molar-refractivity contribution in [2.45, 2.75) is 51.0 Å². The number of esters is 1. The molecule has 0 aromatic heterocycles. The number of sulfone groups is 1. The van der Waals surface area contributed by atoms with Gasteiger partial charge in [0, 0.05) is 12.5 Å². The molecule has 1 saturated carbocycles. The van der Waals surface area contributed by atoms with Crippen LogP contribution in [0.25, 0.3) is 0 Å². The molecule has 1 amide bonds. The fourth-order valence-corrected chi connectivity index (χ4v) is 5.15. The van der Waals surface area contributed by atoms with Gasteiger partial charge in [0.25, 0.3) is 0 Å². The zero-order valence-electron chi connectivity index (χ0n) is 13.1. The fraction of sp³-hybridized carbons (Fsp3) is 0.867. The molecule has 0 spiro atoms. The molecule has 2 aliphatic rings. The minimum absolute atomic E-state index is 0.0425. The minimum atomic E-state index is -3.09. The average molecular weight is 331 g/mol. The highest BCUT2D eigenvalue weighted by molar-refractivity contribution is 7.91. The number of nitrogens with zero attached hydrogens (tertiary/aromatic N) is 1. The largest absolute Gasteiger partial charge is 0.468 e. The lowest BCUT2D eigenvalue weighted by molar-refractivity contribution is -0.148. The SMILES string of the molecule is COC(=O)CN(C(=O)CCC1CCCC1)C1CCS(=O)(=O)C1. The molecule has 22 heavy (non-hydrogen) atoms. The Labute approximate surface area is 132 Å². The van der Waals surface area contributed by atoms with E-state index in [1.807, 2.05) is 0 Å². The van der Waals surface area contributed by atoms with Crippen molar-refractivity contribution in [1.82, 2.24) is 4.90 Å². The van der Waals surface area contributed by atoms with E-state index in [1.165, 1.54) is 37.7 Å². The van der Waals surface area contributed by atoms with Crippen LogP contribution in [0.1, 0.15) is 44.9 Å². The topological polar surface area (TPSA) is 80.8 Å². The van der Waals surface area contributed by atoms with Crippen LogP contribution in [0.15, 0.2) is 0 Å². The van der Waals surface area contributed by atoms with Gasteiger partial charge < -0.3 is 9.64 Å². The third kappa shape index (κ3) is 4.69. The molecule has 1 unspecified atom stereocenters. The lowest BCUT2D eigenvalue weighted by Crippen LogP contribution is -2.44. The maximum atomic E-state index is 12.5. The van der Waals surface area contributed by atoms with Crippen LogP contribution in [-0.4, -0.2) is 56.4 Å². The summed E-state index contributed by atoms with van der Waals surface area (Å²) in [5.74, 6) is 0.0128. The van der Waals surface area contributed by atoms with Gasteiger partial charge in [-0.05, 0) is 18.8 Å². The van der Waals surface area contributed by atoms with Crippen LogP contribution in [-0.2, 0) is 24.2 Å². The van der Waals surface area contributed by atoms with Crippen LogP contribution in [0.2, 0.25) is 0 Å². The third-order valence-electron chi connectivity index (χ3n) is 4.74. The van der Waals surface area contributed by atoms with E-state index in [2.05, 4.69) is 4.74 Å². The fourth-order valence-electron chi connectivity index (χ4n) is 3.42. The summed E-state index contributed by atoms with van der Waals surface area (Å²) in [5, 5.41) is 0. The van der Waals surface area contributed by atoms with Crippen LogP contribution in [0.4, 0.5) is 0 Å². The first kappa shape index (κ1) is 17.2. The van der Waals surface area contributed by atoms with E-state index in [0.29, 0.717) is 18.8 Å². The first-order valence-electron chi connectivity index (χ1n) is 7.98. The summed E-state index contributed by atoms with van der Waals surface area (Å²) in [6.45, 7) is -0.153. The lowest BCUT2D eigenvalue weighted by Gasteiger charge is -2.27. The quantitative estimate of drug-likeness (QED) is 0.682. The molecule has 7 heteroatoms. The van der Waals surface area contributed by atoms with Gasteiger partial charge in [-0.25, -0.2) is 8.42 Å². The standard InChI is InChI=1S/C15H25NO5S/c1-21-15(18)10-16(13-8-9-22(19,20)11-13)14(17)7-6-12-4-2-3-5-12/h12-13H,2-11H2,1H3. The van der Waals surface area contributed by atoms with E-state index in [4.69, 9.17) is 0 Å². The number of amides is 1. The molecule has 1 heterocycles. The zero-order chi connectivity index (χ0) is 16.2. The van der Waals surface area contributed by atoms with E-state index < -0.39 is 15.8 Å². The molecule has 126 valence electrons. The lowest BCUT2D eigenvalue weighted by atomic mass is 10.0. The highest BCUT2D eigenvalue weighted by Crippen LogP contribution is 2.29. The third-order valence-corrected chi connectivity index (χ3v) is 6.49. The predicted octanol–water partition coefficient (Wildman–Crippen LogP) is 1.15. The number of carbonyl (C=O) groups is 2. The van der Waals surface area contributed by atoms with E-state index in [9.17, 15) is 18.0 Å². The number of rotatable bonds is 6. The van der Waals surface area contributed by atoms with E-state index in [-0.39, 0.29) is 30.0 Å². The van der Waals surface area contributed by atoms with Crippen molar-refractivity contribution in [3.05, 3.63) is 0 Å². The molecule has 0 aromatic carbocycles. The summed E-state index contributed by atoms with van der Waals surface area (Å²) in [6, 6.07) is -0.389. The smallest absolute Gasteiger partial charge is 0.325 e. The molecule has 1 atom stereocenters. The van der Waals surface area contributed by atoms with Crippen molar-refractivity contribution in [1.29, 1.82) is 0 Å². The van der Waals surface area contributed by atoms with Crippen LogP contribution < -0.4 is 0 Å². The molecule has 0 radical (unpaired) electrons. The van der Waals surface area contributed by atoms with Crippen LogP contribution >= 0.6 is 0 Å². The number of ether oxygens (including phenoxy) is 1. The van der Waals surface area contributed by atoms with Gasteiger partial charge in [0.15, 0.2) is 9.84 Å². The molecule has 0 N–H and O–H groups in total. The Morgan fingerprint density at radius 3 is 2.41 bits per heavy atom. The summed E-state index contributed by atoms with van der Waals surface area (Å²) in [4.78, 5) is 25.4. The van der Waals surface area contributed by atoms with Gasteiger partial charge in [0.2, 0.25) is 5.91 Å². The van der Waals surface area contributed by atoms with Gasteiger partial charge >= 0.3 is 5.97 Å². The minimum Gasteiger partial charge on any atom is -0.468 e. The second-order valence-corrected chi connectivity index (χ2v) is 8.57. The van der Waals surface area contributed by atoms with Gasteiger partial charge in [-0.2, -0.15) is 0 Å². The Morgan fingerprint density at radius 1 is 1.18 bits per heavy atom. The molecule has 0 bridgehead atoms. The molecule has 1 saturated heterocycles. The maximum Gasteiger partial charge on any atom is 0.325 e. The Balaban J connectivity index is 1.96. The van der Waals surface area contributed by atoms with E-state index in [0.717, 1.165) is 6.42 Å². The molecule has 2 rings (SSSR count). The Morgan fingerprint density at radius 2 is 1.86 bits per heavy atom. The van der Waals surface area contributed by atoms with Gasteiger partial charge in [0.1, 0.15) is 6.54 Å². The average Bonchev–Trinajstić information content (AvgIpc) is 3.11.